The molecule has 0 bridgehead atoms. The largest absolute Gasteiger partial charge is 0.472 e. The van der Waals surface area contributed by atoms with E-state index in [4.69, 9.17) is 37.0 Å². The highest BCUT2D eigenvalue weighted by Gasteiger charge is 2.30. The maximum absolute atomic E-state index is 13.1. The second kappa shape index (κ2) is 70.7. The average Bonchev–Trinajstić information content (AvgIpc) is 0.996. The van der Waals surface area contributed by atoms with E-state index in [1.807, 2.05) is 0 Å². The zero-order valence-corrected chi connectivity index (χ0v) is 65.9. The van der Waals surface area contributed by atoms with E-state index >= 15 is 0 Å². The molecule has 0 fully saturated rings. The summed E-state index contributed by atoms with van der Waals surface area (Å²) in [6, 6.07) is 0. The van der Waals surface area contributed by atoms with Gasteiger partial charge < -0.3 is 33.8 Å². The summed E-state index contributed by atoms with van der Waals surface area (Å²) in [5.74, 6) is -0.499. The van der Waals surface area contributed by atoms with Crippen molar-refractivity contribution in [3.63, 3.8) is 0 Å². The topological polar surface area (TPSA) is 237 Å². The van der Waals surface area contributed by atoms with Crippen molar-refractivity contribution in [3.8, 4) is 0 Å². The lowest BCUT2D eigenvalue weighted by atomic mass is 9.99. The van der Waals surface area contributed by atoms with Crippen molar-refractivity contribution in [1.29, 1.82) is 0 Å². The van der Waals surface area contributed by atoms with Crippen molar-refractivity contribution in [2.75, 3.05) is 39.6 Å². The highest BCUT2D eigenvalue weighted by atomic mass is 31.2. The van der Waals surface area contributed by atoms with E-state index in [2.05, 4.69) is 41.5 Å². The van der Waals surface area contributed by atoms with Crippen molar-refractivity contribution in [1.82, 2.24) is 0 Å². The number of hydrogen-bond donors (Lipinski definition) is 3. The zero-order valence-electron chi connectivity index (χ0n) is 64.1. The van der Waals surface area contributed by atoms with Crippen LogP contribution in [0.2, 0.25) is 0 Å². The predicted molar refractivity (Wildman–Crippen MR) is 400 cm³/mol. The Morgan fingerprint density at radius 1 is 0.296 bits per heavy atom. The maximum atomic E-state index is 13.1. The molecule has 0 aromatic carbocycles. The first-order valence-corrected chi connectivity index (χ1v) is 44.0. The maximum Gasteiger partial charge on any atom is 0.472 e. The lowest BCUT2D eigenvalue weighted by molar-refractivity contribution is -0.161. The summed E-state index contributed by atoms with van der Waals surface area (Å²) in [5, 5.41) is 10.6. The van der Waals surface area contributed by atoms with Crippen LogP contribution in [0.4, 0.5) is 0 Å². The SMILES string of the molecule is CCCCCCCCCCCCCCCCCCC(=O)OC[C@H](COP(=O)(O)OC[C@@H](O)COP(=O)(O)OC[C@@H](COC(=O)CCCCCCCCCCCC)OC(=O)CCCCCCCCCCCCCC(C)C)OC(=O)CCCCCCCCCCCCCCCCC(C)CC. The Kier molecular flexibility index (Phi) is 69.3. The number of hydrogen-bond acceptors (Lipinski definition) is 15. The second-order valence-corrected chi connectivity index (χ2v) is 32.1. The molecule has 0 radical (unpaired) electrons. The number of carbonyl (C=O) groups excluding carboxylic acids is 4. The smallest absolute Gasteiger partial charge is 0.462 e. The van der Waals surface area contributed by atoms with Crippen molar-refractivity contribution < 1.29 is 80.2 Å². The van der Waals surface area contributed by atoms with Gasteiger partial charge >= 0.3 is 39.5 Å². The van der Waals surface area contributed by atoms with Gasteiger partial charge in [-0.1, -0.05) is 363 Å². The van der Waals surface area contributed by atoms with Gasteiger partial charge in [0, 0.05) is 25.7 Å². The van der Waals surface area contributed by atoms with Gasteiger partial charge in [0.2, 0.25) is 0 Å². The quantitative estimate of drug-likeness (QED) is 0.0222. The Bertz CT molecular complexity index is 1890. The highest BCUT2D eigenvalue weighted by molar-refractivity contribution is 7.47. The molecule has 0 aromatic heterocycles. The molecule has 0 aliphatic rings. The molecule has 0 amide bonds. The van der Waals surface area contributed by atoms with Crippen molar-refractivity contribution in [2.45, 2.75) is 432 Å². The Morgan fingerprint density at radius 2 is 0.520 bits per heavy atom. The molecule has 98 heavy (non-hydrogen) atoms. The number of ether oxygens (including phenoxy) is 4. The number of phosphoric ester groups is 2. The van der Waals surface area contributed by atoms with Gasteiger partial charge in [0.15, 0.2) is 12.2 Å². The molecular formula is C79H154O17P2. The first-order chi connectivity index (χ1) is 47.4. The number of rotatable bonds is 78. The summed E-state index contributed by atoms with van der Waals surface area (Å²) >= 11 is 0. The van der Waals surface area contributed by atoms with Crippen LogP contribution in [0.5, 0.6) is 0 Å². The summed E-state index contributed by atoms with van der Waals surface area (Å²) in [4.78, 5) is 72.9. The van der Waals surface area contributed by atoms with Crippen molar-refractivity contribution >= 4 is 39.5 Å². The van der Waals surface area contributed by atoms with E-state index in [9.17, 15) is 43.2 Å². The molecule has 582 valence electrons. The van der Waals surface area contributed by atoms with E-state index in [1.54, 1.807) is 0 Å². The Balaban J connectivity index is 5.25. The van der Waals surface area contributed by atoms with E-state index in [0.717, 1.165) is 102 Å². The predicted octanol–water partition coefficient (Wildman–Crippen LogP) is 23.5. The number of aliphatic hydroxyl groups is 1. The lowest BCUT2D eigenvalue weighted by Gasteiger charge is -2.21. The third-order valence-electron chi connectivity index (χ3n) is 18.8. The van der Waals surface area contributed by atoms with E-state index in [-0.39, 0.29) is 25.7 Å². The highest BCUT2D eigenvalue weighted by Crippen LogP contribution is 2.45. The molecule has 0 aromatic rings. The van der Waals surface area contributed by atoms with Gasteiger partial charge in [0.05, 0.1) is 26.4 Å². The molecule has 0 aliphatic carbocycles. The molecule has 6 atom stereocenters. The van der Waals surface area contributed by atoms with Crippen LogP contribution in [0, 0.1) is 11.8 Å². The lowest BCUT2D eigenvalue weighted by Crippen LogP contribution is -2.30. The van der Waals surface area contributed by atoms with Gasteiger partial charge in [-0.2, -0.15) is 0 Å². The fourth-order valence-electron chi connectivity index (χ4n) is 12.2. The average molecular weight is 1440 g/mol. The molecule has 0 rings (SSSR count). The van der Waals surface area contributed by atoms with Crippen LogP contribution in [-0.2, 0) is 65.4 Å². The van der Waals surface area contributed by atoms with Gasteiger partial charge in [-0.05, 0) is 37.5 Å². The number of esters is 4. The minimum Gasteiger partial charge on any atom is -0.462 e. The number of phosphoric acid groups is 2. The second-order valence-electron chi connectivity index (χ2n) is 29.2. The van der Waals surface area contributed by atoms with E-state index in [1.165, 1.54) is 231 Å². The fraction of sp³-hybridized carbons (Fsp3) is 0.949. The van der Waals surface area contributed by atoms with E-state index in [0.29, 0.717) is 25.7 Å². The normalized spacial score (nSPS) is 14.2. The molecule has 17 nitrogen and oxygen atoms in total. The molecule has 0 spiro atoms. The first-order valence-electron chi connectivity index (χ1n) is 41.0. The van der Waals surface area contributed by atoms with Gasteiger partial charge in [-0.15, -0.1) is 0 Å². The summed E-state index contributed by atoms with van der Waals surface area (Å²) in [6.45, 7) is 9.67. The molecule has 3 unspecified atom stereocenters. The van der Waals surface area contributed by atoms with Gasteiger partial charge in [-0.3, -0.25) is 37.3 Å². The third kappa shape index (κ3) is 71.1. The minimum absolute atomic E-state index is 0.107. The number of unbranched alkanes of at least 4 members (excludes halogenated alkanes) is 47. The van der Waals surface area contributed by atoms with Crippen LogP contribution in [0.25, 0.3) is 0 Å². The number of aliphatic hydroxyl groups excluding tert-OH is 1. The van der Waals surface area contributed by atoms with Crippen LogP contribution in [0.15, 0.2) is 0 Å². The molecule has 0 aliphatic heterocycles. The van der Waals surface area contributed by atoms with Gasteiger partial charge in [0.25, 0.3) is 0 Å². The Labute approximate surface area is 600 Å². The number of carbonyl (C=O) groups is 4. The molecule has 19 heteroatoms. The first kappa shape index (κ1) is 96.1. The minimum atomic E-state index is -4.96. The molecule has 0 saturated heterocycles. The van der Waals surface area contributed by atoms with Crippen LogP contribution >= 0.6 is 15.6 Å². The molecule has 0 saturated carbocycles. The van der Waals surface area contributed by atoms with Gasteiger partial charge in [0.1, 0.15) is 19.3 Å². The molecule has 0 heterocycles. The third-order valence-corrected chi connectivity index (χ3v) is 20.7. The van der Waals surface area contributed by atoms with Crippen LogP contribution in [-0.4, -0.2) is 96.7 Å². The summed E-state index contributed by atoms with van der Waals surface area (Å²) in [6.07, 6.45) is 59.5. The van der Waals surface area contributed by atoms with Crippen molar-refractivity contribution in [2.24, 2.45) is 11.8 Å². The van der Waals surface area contributed by atoms with Gasteiger partial charge in [-0.25, -0.2) is 9.13 Å². The molecule has 3 N–H and O–H groups in total. The summed E-state index contributed by atoms with van der Waals surface area (Å²) in [5.41, 5.74) is 0. The monoisotopic (exact) mass is 1440 g/mol. The standard InChI is InChI=1S/C79H154O17P2/c1-7-10-12-14-16-18-20-21-22-23-27-32-38-44-50-56-62-77(82)90-68-75(95-78(83)63-57-51-45-39-33-28-25-24-26-31-36-42-48-54-60-72(6)9-3)70-94-98(87,88)92-66-73(80)65-91-97(85,86)93-69-74(67-89-76(81)61-55-49-43-37-19-17-15-13-11-8-2)96-79(84)64-58-52-46-40-34-29-30-35-41-47-53-59-71(4)5/h71-75,80H,7-70H2,1-6H3,(H,85,86)(H,87,88)/t72?,73-,74+,75+/m0/s1. The van der Waals surface area contributed by atoms with Crippen LogP contribution in [0.1, 0.15) is 414 Å². The van der Waals surface area contributed by atoms with Crippen LogP contribution < -0.4 is 0 Å². The fourth-order valence-corrected chi connectivity index (χ4v) is 13.7. The Hall–Kier alpha value is -1.94. The zero-order chi connectivity index (χ0) is 72.1. The van der Waals surface area contributed by atoms with Crippen molar-refractivity contribution in [3.05, 3.63) is 0 Å². The summed E-state index contributed by atoms with van der Waals surface area (Å²) < 4.78 is 68.6. The van der Waals surface area contributed by atoms with E-state index < -0.39 is 97.5 Å². The van der Waals surface area contributed by atoms with Crippen LogP contribution in [0.3, 0.4) is 0 Å². The Morgan fingerprint density at radius 3 is 0.776 bits per heavy atom. The summed E-state index contributed by atoms with van der Waals surface area (Å²) in [7, 11) is -9.92. The molecular weight excluding hydrogens is 1280 g/mol.